The van der Waals surface area contributed by atoms with Gasteiger partial charge in [0.05, 0.1) is 11.7 Å². The van der Waals surface area contributed by atoms with Crippen molar-refractivity contribution in [1.29, 1.82) is 0 Å². The van der Waals surface area contributed by atoms with Gasteiger partial charge in [0.1, 0.15) is 5.60 Å². The summed E-state index contributed by atoms with van der Waals surface area (Å²) in [5, 5.41) is 4.18. The van der Waals surface area contributed by atoms with Crippen molar-refractivity contribution in [3.05, 3.63) is 11.3 Å². The summed E-state index contributed by atoms with van der Waals surface area (Å²) in [6.07, 6.45) is 1.59. The molecule has 3 heterocycles. The van der Waals surface area contributed by atoms with Crippen LogP contribution in [0.25, 0.3) is 0 Å². The zero-order chi connectivity index (χ0) is 21.1. The summed E-state index contributed by atoms with van der Waals surface area (Å²) in [6, 6.07) is -0.837. The van der Waals surface area contributed by atoms with Crippen LogP contribution < -0.4 is 4.18 Å². The summed E-state index contributed by atoms with van der Waals surface area (Å²) in [7, 11) is -4.51. The molecular formula is C16H22F3N3O5S. The van der Waals surface area contributed by atoms with Crippen molar-refractivity contribution >= 4 is 16.2 Å². The highest BCUT2D eigenvalue weighted by atomic mass is 32.2. The normalized spacial score (nSPS) is 22.6. The third-order valence-electron chi connectivity index (χ3n) is 4.69. The molecule has 0 unspecified atom stereocenters. The fraction of sp³-hybridized carbons (Fsp3) is 0.750. The largest absolute Gasteiger partial charge is 0.534 e. The highest BCUT2D eigenvalue weighted by Gasteiger charge is 2.51. The van der Waals surface area contributed by atoms with Crippen LogP contribution in [0.15, 0.2) is 0 Å². The summed E-state index contributed by atoms with van der Waals surface area (Å²) in [6.45, 7) is 5.22. The number of fused-ring (bicyclic) bond motifs is 4. The van der Waals surface area contributed by atoms with Crippen LogP contribution in [0.4, 0.5) is 18.0 Å². The Morgan fingerprint density at radius 3 is 2.43 bits per heavy atom. The zero-order valence-electron chi connectivity index (χ0n) is 15.9. The van der Waals surface area contributed by atoms with Crippen LogP contribution >= 0.6 is 0 Å². The number of piperidine rings is 1. The number of hydrogen-bond acceptors (Lipinski definition) is 6. The Balaban J connectivity index is 1.98. The van der Waals surface area contributed by atoms with Crippen LogP contribution in [-0.2, 0) is 28.3 Å². The van der Waals surface area contributed by atoms with E-state index in [0.29, 0.717) is 18.5 Å². The molecule has 2 atom stereocenters. The molecule has 1 aromatic heterocycles. The maximum Gasteiger partial charge on any atom is 0.534 e. The lowest BCUT2D eigenvalue weighted by atomic mass is 9.84. The fourth-order valence-electron chi connectivity index (χ4n) is 3.66. The average Bonchev–Trinajstić information content (AvgIpc) is 2.80. The Morgan fingerprint density at radius 1 is 1.21 bits per heavy atom. The summed E-state index contributed by atoms with van der Waals surface area (Å²) in [5.74, 6) is -0.465. The number of halogens is 3. The second-order valence-corrected chi connectivity index (χ2v) is 9.51. The minimum atomic E-state index is -5.82. The van der Waals surface area contributed by atoms with Crippen LogP contribution in [0.5, 0.6) is 5.88 Å². The number of rotatable bonds is 2. The van der Waals surface area contributed by atoms with Gasteiger partial charge in [0.15, 0.2) is 0 Å². The lowest BCUT2D eigenvalue weighted by molar-refractivity contribution is -0.0502. The van der Waals surface area contributed by atoms with E-state index >= 15 is 0 Å². The molecule has 8 nitrogen and oxygen atoms in total. The van der Waals surface area contributed by atoms with E-state index in [9.17, 15) is 26.4 Å². The third kappa shape index (κ3) is 3.65. The van der Waals surface area contributed by atoms with Crippen molar-refractivity contribution < 1.29 is 35.3 Å². The second-order valence-electron chi connectivity index (χ2n) is 7.97. The molecule has 1 amide bonds. The van der Waals surface area contributed by atoms with Crippen molar-refractivity contribution in [2.24, 2.45) is 7.05 Å². The Labute approximate surface area is 160 Å². The Hall–Kier alpha value is -1.98. The molecule has 0 spiro atoms. The molecule has 0 aromatic carbocycles. The van der Waals surface area contributed by atoms with E-state index in [0.717, 1.165) is 11.1 Å². The number of nitrogens with zero attached hydrogens (tertiary/aromatic N) is 3. The number of ether oxygens (including phenoxy) is 1. The van der Waals surface area contributed by atoms with Gasteiger partial charge in [0.2, 0.25) is 5.88 Å². The van der Waals surface area contributed by atoms with E-state index in [1.54, 1.807) is 25.7 Å². The lowest BCUT2D eigenvalue weighted by Crippen LogP contribution is -2.51. The first-order valence-electron chi connectivity index (χ1n) is 8.79. The quantitative estimate of drug-likeness (QED) is 0.534. The number of aryl methyl sites for hydroxylation is 1. The summed E-state index contributed by atoms with van der Waals surface area (Å²) < 4.78 is 72.0. The Morgan fingerprint density at radius 2 is 1.86 bits per heavy atom. The minimum absolute atomic E-state index is 0.141. The predicted molar refractivity (Wildman–Crippen MR) is 91.0 cm³/mol. The molecule has 28 heavy (non-hydrogen) atoms. The molecule has 1 saturated heterocycles. The lowest BCUT2D eigenvalue weighted by Gasteiger charge is -2.45. The first-order valence-corrected chi connectivity index (χ1v) is 10.2. The molecule has 0 radical (unpaired) electrons. The number of amides is 1. The molecule has 2 aliphatic heterocycles. The molecule has 3 rings (SSSR count). The first kappa shape index (κ1) is 20.7. The molecule has 12 heteroatoms. The van der Waals surface area contributed by atoms with E-state index in [2.05, 4.69) is 9.28 Å². The van der Waals surface area contributed by atoms with Crippen molar-refractivity contribution in [3.63, 3.8) is 0 Å². The molecule has 158 valence electrons. The van der Waals surface area contributed by atoms with Crippen LogP contribution in [0.1, 0.15) is 57.3 Å². The van der Waals surface area contributed by atoms with Crippen LogP contribution in [-0.4, -0.2) is 46.3 Å². The number of carbonyl (C=O) groups excluding carboxylic acids is 1. The van der Waals surface area contributed by atoms with Gasteiger partial charge in [-0.05, 0) is 40.0 Å². The van der Waals surface area contributed by atoms with E-state index in [1.165, 1.54) is 7.05 Å². The van der Waals surface area contributed by atoms with Crippen LogP contribution in [0.2, 0.25) is 0 Å². The molecule has 0 aliphatic carbocycles. The summed E-state index contributed by atoms with van der Waals surface area (Å²) in [4.78, 5) is 14.2. The fourth-order valence-corrected chi connectivity index (χ4v) is 4.17. The van der Waals surface area contributed by atoms with Gasteiger partial charge in [-0.1, -0.05) is 0 Å². The summed E-state index contributed by atoms with van der Waals surface area (Å²) >= 11 is 0. The maximum atomic E-state index is 12.7. The molecule has 1 fully saturated rings. The van der Waals surface area contributed by atoms with Gasteiger partial charge in [-0.3, -0.25) is 4.90 Å². The first-order chi connectivity index (χ1) is 12.7. The molecule has 2 aliphatic rings. The molecule has 0 saturated carbocycles. The highest BCUT2D eigenvalue weighted by Crippen LogP contribution is 2.45. The van der Waals surface area contributed by atoms with Crippen LogP contribution in [0.3, 0.4) is 0 Å². The van der Waals surface area contributed by atoms with Gasteiger partial charge >= 0.3 is 21.7 Å². The van der Waals surface area contributed by atoms with Gasteiger partial charge in [-0.2, -0.15) is 26.7 Å². The molecule has 0 N–H and O–H groups in total. The Bertz CT molecular complexity index is 889. The van der Waals surface area contributed by atoms with E-state index in [1.807, 2.05) is 0 Å². The number of alkyl halides is 3. The molecule has 1 aromatic rings. The van der Waals surface area contributed by atoms with Crippen molar-refractivity contribution in [2.45, 2.75) is 69.6 Å². The monoisotopic (exact) mass is 425 g/mol. The minimum Gasteiger partial charge on any atom is -0.444 e. The third-order valence-corrected chi connectivity index (χ3v) is 5.64. The highest BCUT2D eigenvalue weighted by molar-refractivity contribution is 7.87. The molecule has 2 bridgehead atoms. The van der Waals surface area contributed by atoms with Crippen molar-refractivity contribution in [3.8, 4) is 5.88 Å². The van der Waals surface area contributed by atoms with Gasteiger partial charge in [-0.15, -0.1) is 0 Å². The van der Waals surface area contributed by atoms with E-state index < -0.39 is 39.2 Å². The Kier molecular flexibility index (Phi) is 4.84. The zero-order valence-corrected chi connectivity index (χ0v) is 16.7. The summed E-state index contributed by atoms with van der Waals surface area (Å²) in [5.41, 5.74) is -5.62. The SMILES string of the molecule is Cn1nc2c(c1OS(=O)(=O)C(F)(F)F)C[C@@H]1CCC[C@H]2N1C(=O)OC(C)(C)C. The van der Waals surface area contributed by atoms with Gasteiger partial charge in [-0.25, -0.2) is 9.48 Å². The predicted octanol–water partition coefficient (Wildman–Crippen LogP) is 3.04. The van der Waals surface area contributed by atoms with Crippen molar-refractivity contribution in [2.75, 3.05) is 0 Å². The molecular weight excluding hydrogens is 403 g/mol. The number of hydrogen-bond donors (Lipinski definition) is 0. The topological polar surface area (TPSA) is 90.7 Å². The second kappa shape index (κ2) is 6.53. The average molecular weight is 425 g/mol. The van der Waals surface area contributed by atoms with E-state index in [4.69, 9.17) is 4.74 Å². The van der Waals surface area contributed by atoms with Crippen LogP contribution in [0, 0.1) is 0 Å². The smallest absolute Gasteiger partial charge is 0.444 e. The van der Waals surface area contributed by atoms with E-state index in [-0.39, 0.29) is 18.0 Å². The number of aromatic nitrogens is 2. The standard InChI is InChI=1S/C16H22F3N3O5S/c1-15(2,3)26-14(23)22-9-6-5-7-11(22)12-10(8-9)13(21(4)20-12)27-28(24,25)16(17,18)19/h9,11H,5-8H2,1-4H3/t9-,11+/m0/s1. The van der Waals surface area contributed by atoms with Crippen molar-refractivity contribution in [1.82, 2.24) is 14.7 Å². The maximum absolute atomic E-state index is 12.7. The van der Waals surface area contributed by atoms with Gasteiger partial charge in [0, 0.05) is 25.1 Å². The van der Waals surface area contributed by atoms with Gasteiger partial charge in [0.25, 0.3) is 0 Å². The number of carbonyl (C=O) groups is 1. The van der Waals surface area contributed by atoms with Gasteiger partial charge < -0.3 is 8.92 Å².